The second-order valence-corrected chi connectivity index (χ2v) is 5.76. The minimum atomic E-state index is -0.953. The van der Waals surface area contributed by atoms with Crippen molar-refractivity contribution in [1.82, 2.24) is 19.7 Å². The maximum Gasteiger partial charge on any atom is 0.335 e. The average molecular weight is 292 g/mol. The highest BCUT2D eigenvalue weighted by molar-refractivity contribution is 7.99. The first kappa shape index (κ1) is 14.5. The van der Waals surface area contributed by atoms with Crippen LogP contribution in [-0.4, -0.2) is 30.8 Å². The van der Waals surface area contributed by atoms with Crippen molar-refractivity contribution in [1.29, 1.82) is 0 Å². The van der Waals surface area contributed by atoms with Crippen LogP contribution in [0, 0.1) is 6.92 Å². The van der Waals surface area contributed by atoms with Gasteiger partial charge in [0.05, 0.1) is 5.56 Å². The molecule has 1 N–H and O–H groups in total. The predicted molar refractivity (Wildman–Crippen MR) is 75.1 cm³/mol. The third-order valence-corrected chi connectivity index (χ3v) is 3.86. The molecular weight excluding hydrogens is 276 g/mol. The Balaban J connectivity index is 2.40. The van der Waals surface area contributed by atoms with Gasteiger partial charge in [0.25, 0.3) is 0 Å². The summed E-state index contributed by atoms with van der Waals surface area (Å²) in [7, 11) is 1.86. The van der Waals surface area contributed by atoms with E-state index in [4.69, 9.17) is 0 Å². The van der Waals surface area contributed by atoms with Gasteiger partial charge in [-0.3, -0.25) is 0 Å². The van der Waals surface area contributed by atoms with Gasteiger partial charge in [0, 0.05) is 12.7 Å². The first-order valence-electron chi connectivity index (χ1n) is 6.17. The van der Waals surface area contributed by atoms with Crippen molar-refractivity contribution in [2.75, 3.05) is 0 Å². The zero-order valence-electron chi connectivity index (χ0n) is 11.8. The molecule has 0 aliphatic rings. The number of carbonyl (C=O) groups is 1. The number of pyridine rings is 1. The summed E-state index contributed by atoms with van der Waals surface area (Å²) in [6, 6.07) is 3.17. The van der Waals surface area contributed by atoms with Crippen LogP contribution >= 0.6 is 11.8 Å². The number of aryl methyl sites for hydroxylation is 1. The zero-order chi connectivity index (χ0) is 14.9. The van der Waals surface area contributed by atoms with E-state index in [-0.39, 0.29) is 11.5 Å². The molecule has 0 amide bonds. The SMILES string of the molecule is Cc1nnc(Sc2cc(C(=O)O)cc(C(C)C)n2)n1C. The Labute approximate surface area is 121 Å². The molecule has 0 unspecified atom stereocenters. The molecule has 0 aliphatic heterocycles. The minimum absolute atomic E-state index is 0.162. The molecule has 0 spiro atoms. The molecule has 0 saturated heterocycles. The van der Waals surface area contributed by atoms with E-state index < -0.39 is 5.97 Å². The van der Waals surface area contributed by atoms with Gasteiger partial charge in [-0.1, -0.05) is 13.8 Å². The molecule has 2 aromatic rings. The summed E-state index contributed by atoms with van der Waals surface area (Å²) in [5.41, 5.74) is 0.997. The van der Waals surface area contributed by atoms with Crippen LogP contribution in [0.2, 0.25) is 0 Å². The lowest BCUT2D eigenvalue weighted by Crippen LogP contribution is -2.03. The molecule has 0 fully saturated rings. The number of carboxylic acid groups (broad SMARTS) is 1. The lowest BCUT2D eigenvalue weighted by Gasteiger charge is -2.08. The highest BCUT2D eigenvalue weighted by atomic mass is 32.2. The van der Waals surface area contributed by atoms with E-state index in [9.17, 15) is 9.90 Å². The number of carboxylic acids is 1. The van der Waals surface area contributed by atoms with Crippen LogP contribution in [-0.2, 0) is 7.05 Å². The number of aromatic carboxylic acids is 1. The minimum Gasteiger partial charge on any atom is -0.478 e. The maximum atomic E-state index is 11.2. The second kappa shape index (κ2) is 5.62. The third kappa shape index (κ3) is 2.98. The largest absolute Gasteiger partial charge is 0.478 e. The van der Waals surface area contributed by atoms with Gasteiger partial charge in [-0.25, -0.2) is 9.78 Å². The fourth-order valence-electron chi connectivity index (χ4n) is 1.57. The first-order chi connectivity index (χ1) is 9.38. The van der Waals surface area contributed by atoms with Crippen LogP contribution in [0.3, 0.4) is 0 Å². The molecular formula is C13H16N4O2S. The number of nitrogens with zero attached hydrogens (tertiary/aromatic N) is 4. The molecule has 2 rings (SSSR count). The van der Waals surface area contributed by atoms with Crippen LogP contribution in [0.15, 0.2) is 22.3 Å². The van der Waals surface area contributed by atoms with E-state index in [0.29, 0.717) is 10.2 Å². The molecule has 2 aromatic heterocycles. The summed E-state index contributed by atoms with van der Waals surface area (Å²) in [6.07, 6.45) is 0. The molecule has 0 aliphatic carbocycles. The van der Waals surface area contributed by atoms with Crippen molar-refractivity contribution in [3.63, 3.8) is 0 Å². The van der Waals surface area contributed by atoms with Crippen LogP contribution in [0.5, 0.6) is 0 Å². The number of hydrogen-bond donors (Lipinski definition) is 1. The van der Waals surface area contributed by atoms with Crippen molar-refractivity contribution in [3.8, 4) is 0 Å². The molecule has 6 nitrogen and oxygen atoms in total. The van der Waals surface area contributed by atoms with Crippen molar-refractivity contribution in [2.45, 2.75) is 36.9 Å². The first-order valence-corrected chi connectivity index (χ1v) is 6.99. The van der Waals surface area contributed by atoms with Crippen LogP contribution < -0.4 is 0 Å². The maximum absolute atomic E-state index is 11.2. The number of aromatic nitrogens is 4. The number of rotatable bonds is 4. The van der Waals surface area contributed by atoms with E-state index >= 15 is 0 Å². The number of hydrogen-bond acceptors (Lipinski definition) is 5. The standard InChI is InChI=1S/C13H16N4O2S/c1-7(2)10-5-9(12(18)19)6-11(14-10)20-13-16-15-8(3)17(13)4/h5-7H,1-4H3,(H,18,19). The van der Waals surface area contributed by atoms with Gasteiger partial charge in [-0.15, -0.1) is 10.2 Å². The molecule has 20 heavy (non-hydrogen) atoms. The lowest BCUT2D eigenvalue weighted by atomic mass is 10.1. The Kier molecular flexibility index (Phi) is 4.08. The Morgan fingerprint density at radius 3 is 2.55 bits per heavy atom. The summed E-state index contributed by atoms with van der Waals surface area (Å²) in [6.45, 7) is 5.82. The van der Waals surface area contributed by atoms with Gasteiger partial charge in [-0.05, 0) is 36.7 Å². The summed E-state index contributed by atoms with van der Waals surface area (Å²) in [5, 5.41) is 18.5. The van der Waals surface area contributed by atoms with E-state index in [2.05, 4.69) is 15.2 Å². The predicted octanol–water partition coefficient (Wildman–Crippen LogP) is 2.49. The van der Waals surface area contributed by atoms with Crippen molar-refractivity contribution in [2.24, 2.45) is 7.05 Å². The van der Waals surface area contributed by atoms with Gasteiger partial charge in [0.2, 0.25) is 0 Å². The fraction of sp³-hybridized carbons (Fsp3) is 0.385. The Bertz CT molecular complexity index is 652. The van der Waals surface area contributed by atoms with E-state index in [1.54, 1.807) is 12.1 Å². The molecule has 0 aromatic carbocycles. The zero-order valence-corrected chi connectivity index (χ0v) is 12.6. The van der Waals surface area contributed by atoms with E-state index in [0.717, 1.165) is 11.5 Å². The lowest BCUT2D eigenvalue weighted by molar-refractivity contribution is 0.0696. The van der Waals surface area contributed by atoms with Crippen molar-refractivity contribution in [3.05, 3.63) is 29.2 Å². The Hall–Kier alpha value is -1.89. The molecule has 7 heteroatoms. The summed E-state index contributed by atoms with van der Waals surface area (Å²) < 4.78 is 1.84. The third-order valence-electron chi connectivity index (χ3n) is 2.91. The quantitative estimate of drug-likeness (QED) is 0.932. The highest BCUT2D eigenvalue weighted by Gasteiger charge is 2.14. The van der Waals surface area contributed by atoms with Gasteiger partial charge in [0.1, 0.15) is 10.9 Å². The molecule has 0 bridgehead atoms. The van der Waals surface area contributed by atoms with Crippen LogP contribution in [0.1, 0.15) is 41.6 Å². The summed E-state index contributed by atoms with van der Waals surface area (Å²) in [4.78, 5) is 15.7. The van der Waals surface area contributed by atoms with Gasteiger partial charge >= 0.3 is 5.97 Å². The summed E-state index contributed by atoms with van der Waals surface area (Å²) in [5.74, 6) is 0.00570. The Morgan fingerprint density at radius 2 is 2.05 bits per heavy atom. The molecule has 2 heterocycles. The molecule has 0 saturated carbocycles. The monoisotopic (exact) mass is 292 g/mol. The average Bonchev–Trinajstić information content (AvgIpc) is 2.70. The molecule has 0 radical (unpaired) electrons. The van der Waals surface area contributed by atoms with Crippen LogP contribution in [0.4, 0.5) is 0 Å². The van der Waals surface area contributed by atoms with Crippen LogP contribution in [0.25, 0.3) is 0 Å². The van der Waals surface area contributed by atoms with Crippen molar-refractivity contribution < 1.29 is 9.90 Å². The molecule has 106 valence electrons. The van der Waals surface area contributed by atoms with Gasteiger partial charge < -0.3 is 9.67 Å². The van der Waals surface area contributed by atoms with Crippen molar-refractivity contribution >= 4 is 17.7 Å². The fourth-order valence-corrected chi connectivity index (χ4v) is 2.44. The van der Waals surface area contributed by atoms with E-state index in [1.807, 2.05) is 32.4 Å². The smallest absolute Gasteiger partial charge is 0.335 e. The van der Waals surface area contributed by atoms with Gasteiger partial charge in [-0.2, -0.15) is 0 Å². The summed E-state index contributed by atoms with van der Waals surface area (Å²) >= 11 is 1.31. The second-order valence-electron chi connectivity index (χ2n) is 4.77. The van der Waals surface area contributed by atoms with Gasteiger partial charge in [0.15, 0.2) is 5.16 Å². The topological polar surface area (TPSA) is 80.9 Å². The normalized spacial score (nSPS) is 11.1. The Morgan fingerprint density at radius 1 is 1.35 bits per heavy atom. The van der Waals surface area contributed by atoms with E-state index in [1.165, 1.54) is 11.8 Å². The highest BCUT2D eigenvalue weighted by Crippen LogP contribution is 2.27. The molecule has 0 atom stereocenters.